The maximum Gasteiger partial charge on any atom is 0.0926 e. The van der Waals surface area contributed by atoms with Crippen molar-refractivity contribution in [2.75, 3.05) is 0 Å². The molecule has 0 radical (unpaired) electrons. The normalized spacial score (nSPS) is 15.2. The Morgan fingerprint density at radius 2 is 2.23 bits per heavy atom. The van der Waals surface area contributed by atoms with Crippen molar-refractivity contribution in [3.8, 4) is 0 Å². The first-order valence-electron chi connectivity index (χ1n) is 4.82. The lowest BCUT2D eigenvalue weighted by Gasteiger charge is -2.13. The highest BCUT2D eigenvalue weighted by atomic mass is 15.1. The molecule has 2 nitrogen and oxygen atoms in total. The van der Waals surface area contributed by atoms with Crippen molar-refractivity contribution in [1.82, 2.24) is 10.2 Å². The van der Waals surface area contributed by atoms with Gasteiger partial charge in [-0.05, 0) is 43.4 Å². The highest BCUT2D eigenvalue weighted by Crippen LogP contribution is 2.29. The lowest BCUT2D eigenvalue weighted by atomic mass is 9.91. The molecule has 0 aliphatic heterocycles. The van der Waals surface area contributed by atoms with Crippen LogP contribution in [0.15, 0.2) is 12.1 Å². The molecular formula is C11H12N2. The number of hydrogen-bond donors (Lipinski definition) is 1. The zero-order chi connectivity index (χ0) is 8.84. The molecule has 1 heterocycles. The smallest absolute Gasteiger partial charge is 0.0926 e. The predicted molar refractivity (Wildman–Crippen MR) is 52.9 cm³/mol. The molecule has 2 heteroatoms. The molecule has 0 fully saturated rings. The number of nitrogens with one attached hydrogen (secondary N) is 1. The lowest BCUT2D eigenvalue weighted by Crippen LogP contribution is -2.01. The third kappa shape index (κ3) is 0.857. The number of nitrogens with zero attached hydrogens (tertiary/aromatic N) is 1. The highest BCUT2D eigenvalue weighted by molar-refractivity contribution is 5.86. The number of aromatic amines is 1. The van der Waals surface area contributed by atoms with Gasteiger partial charge in [-0.2, -0.15) is 5.10 Å². The molecule has 1 aromatic carbocycles. The molecule has 1 aliphatic rings. The Morgan fingerprint density at radius 1 is 1.31 bits per heavy atom. The highest BCUT2D eigenvalue weighted by Gasteiger charge is 2.16. The fraction of sp³-hybridized carbons (Fsp3) is 0.364. The van der Waals surface area contributed by atoms with E-state index >= 15 is 0 Å². The number of aromatic nitrogens is 2. The molecule has 0 unspecified atom stereocenters. The molecule has 1 N–H and O–H groups in total. The Balaban J connectivity index is 2.50. The van der Waals surface area contributed by atoms with E-state index in [1.165, 1.54) is 35.0 Å². The maximum absolute atomic E-state index is 4.31. The largest absolute Gasteiger partial charge is 0.281 e. The molecule has 0 saturated carbocycles. The van der Waals surface area contributed by atoms with Gasteiger partial charge in [0.2, 0.25) is 0 Å². The fourth-order valence-electron chi connectivity index (χ4n) is 2.30. The van der Waals surface area contributed by atoms with Gasteiger partial charge in [-0.25, -0.2) is 0 Å². The summed E-state index contributed by atoms with van der Waals surface area (Å²) in [5, 5.41) is 8.83. The maximum atomic E-state index is 4.31. The van der Waals surface area contributed by atoms with Crippen LogP contribution in [0.3, 0.4) is 0 Å². The van der Waals surface area contributed by atoms with Crippen molar-refractivity contribution in [2.24, 2.45) is 0 Å². The average molecular weight is 172 g/mol. The van der Waals surface area contributed by atoms with Crippen molar-refractivity contribution >= 4 is 10.9 Å². The van der Waals surface area contributed by atoms with Crippen LogP contribution in [0.25, 0.3) is 10.9 Å². The minimum Gasteiger partial charge on any atom is -0.281 e. The van der Waals surface area contributed by atoms with Crippen LogP contribution in [0.5, 0.6) is 0 Å². The summed E-state index contributed by atoms with van der Waals surface area (Å²) >= 11 is 0. The topological polar surface area (TPSA) is 28.7 Å². The van der Waals surface area contributed by atoms with Crippen molar-refractivity contribution in [1.29, 1.82) is 0 Å². The lowest BCUT2D eigenvalue weighted by molar-refractivity contribution is 0.778. The van der Waals surface area contributed by atoms with Crippen LogP contribution in [-0.4, -0.2) is 10.2 Å². The summed E-state index contributed by atoms with van der Waals surface area (Å²) in [5.41, 5.74) is 5.39. The summed E-state index contributed by atoms with van der Waals surface area (Å²) in [6.45, 7) is 2.19. The van der Waals surface area contributed by atoms with Crippen molar-refractivity contribution < 1.29 is 0 Å². The Kier molecular flexibility index (Phi) is 1.29. The Bertz CT molecular complexity index is 468. The zero-order valence-corrected chi connectivity index (χ0v) is 7.72. The van der Waals surface area contributed by atoms with Crippen LogP contribution >= 0.6 is 0 Å². The van der Waals surface area contributed by atoms with E-state index < -0.39 is 0 Å². The molecule has 1 aliphatic carbocycles. The van der Waals surface area contributed by atoms with Gasteiger partial charge in [0.15, 0.2) is 0 Å². The van der Waals surface area contributed by atoms with E-state index in [1.807, 2.05) is 0 Å². The molecule has 0 atom stereocenters. The third-order valence-corrected chi connectivity index (χ3v) is 2.99. The standard InChI is InChI=1S/C11H12N2/c1-7-5-6-10-11-8(7)3-2-4-9(11)12-13-10/h5-6H,2-4H2,1H3,(H,12,13). The number of aryl methyl sites for hydroxylation is 3. The molecule has 0 amide bonds. The molecule has 2 aromatic rings. The van der Waals surface area contributed by atoms with Crippen LogP contribution in [0, 0.1) is 6.92 Å². The molecule has 0 bridgehead atoms. The summed E-state index contributed by atoms with van der Waals surface area (Å²) in [5.74, 6) is 0. The molecule has 0 saturated heterocycles. The first-order chi connectivity index (χ1) is 6.36. The summed E-state index contributed by atoms with van der Waals surface area (Å²) in [4.78, 5) is 0. The molecular weight excluding hydrogens is 160 g/mol. The van der Waals surface area contributed by atoms with Crippen LogP contribution in [0.2, 0.25) is 0 Å². The Morgan fingerprint density at radius 3 is 3.15 bits per heavy atom. The monoisotopic (exact) mass is 172 g/mol. The predicted octanol–water partition coefficient (Wildman–Crippen LogP) is 2.36. The molecule has 1 aromatic heterocycles. The SMILES string of the molecule is Cc1ccc2n[nH]c3c2c1CCC3. The van der Waals surface area contributed by atoms with E-state index in [2.05, 4.69) is 29.3 Å². The van der Waals surface area contributed by atoms with Gasteiger partial charge in [0, 0.05) is 11.1 Å². The first kappa shape index (κ1) is 7.13. The van der Waals surface area contributed by atoms with Crippen LogP contribution in [0.4, 0.5) is 0 Å². The quantitative estimate of drug-likeness (QED) is 0.649. The number of benzene rings is 1. The van der Waals surface area contributed by atoms with Crippen LogP contribution in [0.1, 0.15) is 23.2 Å². The van der Waals surface area contributed by atoms with E-state index in [9.17, 15) is 0 Å². The molecule has 3 rings (SSSR count). The van der Waals surface area contributed by atoms with Crippen molar-refractivity contribution in [3.05, 3.63) is 29.0 Å². The number of H-pyrrole nitrogens is 1. The minimum absolute atomic E-state index is 1.13. The van der Waals surface area contributed by atoms with E-state index in [1.54, 1.807) is 0 Å². The molecule has 66 valence electrons. The molecule has 0 spiro atoms. The van der Waals surface area contributed by atoms with Crippen LogP contribution in [-0.2, 0) is 12.8 Å². The second kappa shape index (κ2) is 2.34. The first-order valence-corrected chi connectivity index (χ1v) is 4.82. The summed E-state index contributed by atoms with van der Waals surface area (Å²) in [6.07, 6.45) is 3.64. The van der Waals surface area contributed by atoms with E-state index in [0.717, 1.165) is 11.9 Å². The fourth-order valence-corrected chi connectivity index (χ4v) is 2.30. The third-order valence-electron chi connectivity index (χ3n) is 2.99. The Labute approximate surface area is 77.0 Å². The van der Waals surface area contributed by atoms with E-state index in [-0.39, 0.29) is 0 Å². The van der Waals surface area contributed by atoms with Gasteiger partial charge in [-0.15, -0.1) is 0 Å². The number of rotatable bonds is 0. The van der Waals surface area contributed by atoms with Gasteiger partial charge in [0.05, 0.1) is 5.52 Å². The van der Waals surface area contributed by atoms with E-state index in [4.69, 9.17) is 0 Å². The van der Waals surface area contributed by atoms with Gasteiger partial charge in [-0.3, -0.25) is 5.10 Å². The average Bonchev–Trinajstić information content (AvgIpc) is 2.57. The molecule has 13 heavy (non-hydrogen) atoms. The van der Waals surface area contributed by atoms with Gasteiger partial charge in [0.25, 0.3) is 0 Å². The zero-order valence-electron chi connectivity index (χ0n) is 7.72. The second-order valence-corrected chi connectivity index (χ2v) is 3.81. The second-order valence-electron chi connectivity index (χ2n) is 3.81. The van der Waals surface area contributed by atoms with E-state index in [0.29, 0.717) is 0 Å². The van der Waals surface area contributed by atoms with Crippen molar-refractivity contribution in [2.45, 2.75) is 26.2 Å². The van der Waals surface area contributed by atoms with Crippen LogP contribution < -0.4 is 0 Å². The summed E-state index contributed by atoms with van der Waals surface area (Å²) in [6, 6.07) is 4.28. The van der Waals surface area contributed by atoms with Gasteiger partial charge >= 0.3 is 0 Å². The summed E-state index contributed by atoms with van der Waals surface area (Å²) in [7, 11) is 0. The van der Waals surface area contributed by atoms with Gasteiger partial charge in [-0.1, -0.05) is 6.07 Å². The van der Waals surface area contributed by atoms with Gasteiger partial charge in [0.1, 0.15) is 0 Å². The summed E-state index contributed by atoms with van der Waals surface area (Å²) < 4.78 is 0. The van der Waals surface area contributed by atoms with Gasteiger partial charge < -0.3 is 0 Å². The van der Waals surface area contributed by atoms with Crippen molar-refractivity contribution in [3.63, 3.8) is 0 Å². The minimum atomic E-state index is 1.13. The Hall–Kier alpha value is -1.31. The number of hydrogen-bond acceptors (Lipinski definition) is 1.